The Balaban J connectivity index is 2.26. The molecule has 1 aliphatic rings. The molecule has 1 heterocycles. The van der Waals surface area contributed by atoms with Crippen LogP contribution in [0.5, 0.6) is 11.5 Å². The molecule has 0 unspecified atom stereocenters. The molecule has 0 bridgehead atoms. The average Bonchev–Trinajstić information content (AvgIpc) is 2.38. The fourth-order valence-corrected chi connectivity index (χ4v) is 1.93. The lowest BCUT2D eigenvalue weighted by Crippen LogP contribution is -2.53. The number of ether oxygens (including phenoxy) is 2. The Morgan fingerprint density at radius 3 is 2.24 bits per heavy atom. The first-order chi connectivity index (χ1) is 9.63. The van der Waals surface area contributed by atoms with Gasteiger partial charge < -0.3 is 20.5 Å². The number of amides is 1. The molecule has 0 saturated carbocycles. The maximum absolute atomic E-state index is 12.5. The molecule has 1 aliphatic heterocycles. The molecule has 1 amide bonds. The Morgan fingerprint density at radius 2 is 1.71 bits per heavy atom. The SMILES string of the molecule is CC(C)(N)C(C)(C)C(=O)Nc1cc2c(cc1Cl)OCCO2. The van der Waals surface area contributed by atoms with Gasteiger partial charge in [-0.2, -0.15) is 0 Å². The standard InChI is InChI=1S/C15H21ClN2O3/c1-14(2,15(3,4)17)13(19)18-10-8-12-11(7-9(10)16)20-5-6-21-12/h7-8H,5-6,17H2,1-4H3,(H,18,19). The lowest BCUT2D eigenvalue weighted by Gasteiger charge is -2.37. The minimum absolute atomic E-state index is 0.200. The van der Waals surface area contributed by atoms with Gasteiger partial charge in [-0.25, -0.2) is 0 Å². The lowest BCUT2D eigenvalue weighted by molar-refractivity contribution is -0.126. The average molecular weight is 313 g/mol. The second-order valence-corrected chi connectivity index (χ2v) is 6.68. The van der Waals surface area contributed by atoms with Crippen molar-refractivity contribution in [2.24, 2.45) is 11.1 Å². The maximum Gasteiger partial charge on any atom is 0.231 e. The van der Waals surface area contributed by atoms with Crippen LogP contribution in [0.15, 0.2) is 12.1 Å². The van der Waals surface area contributed by atoms with E-state index in [0.717, 1.165) is 0 Å². The smallest absolute Gasteiger partial charge is 0.231 e. The summed E-state index contributed by atoms with van der Waals surface area (Å²) in [6, 6.07) is 3.32. The molecule has 0 aliphatic carbocycles. The van der Waals surface area contributed by atoms with Gasteiger partial charge in [0.25, 0.3) is 0 Å². The van der Waals surface area contributed by atoms with Crippen molar-refractivity contribution in [3.05, 3.63) is 17.2 Å². The largest absolute Gasteiger partial charge is 0.486 e. The molecule has 2 rings (SSSR count). The van der Waals surface area contributed by atoms with Crippen molar-refractivity contribution in [2.75, 3.05) is 18.5 Å². The highest BCUT2D eigenvalue weighted by molar-refractivity contribution is 6.34. The van der Waals surface area contributed by atoms with Crippen LogP contribution in [0.3, 0.4) is 0 Å². The second kappa shape index (κ2) is 5.39. The first-order valence-corrected chi connectivity index (χ1v) is 7.20. The van der Waals surface area contributed by atoms with Crippen LogP contribution in [0, 0.1) is 5.41 Å². The summed E-state index contributed by atoms with van der Waals surface area (Å²) in [5.41, 5.74) is 5.14. The van der Waals surface area contributed by atoms with Crippen molar-refractivity contribution in [3.8, 4) is 11.5 Å². The van der Waals surface area contributed by atoms with E-state index in [4.69, 9.17) is 26.8 Å². The Morgan fingerprint density at radius 1 is 1.19 bits per heavy atom. The number of halogens is 1. The first kappa shape index (κ1) is 15.9. The van der Waals surface area contributed by atoms with E-state index in [2.05, 4.69) is 5.32 Å². The van der Waals surface area contributed by atoms with Crippen molar-refractivity contribution in [3.63, 3.8) is 0 Å². The maximum atomic E-state index is 12.5. The summed E-state index contributed by atoms with van der Waals surface area (Å²) in [7, 11) is 0. The zero-order chi connectivity index (χ0) is 15.8. The highest BCUT2D eigenvalue weighted by Gasteiger charge is 2.40. The van der Waals surface area contributed by atoms with E-state index in [1.165, 1.54) is 0 Å². The molecule has 6 heteroatoms. The van der Waals surface area contributed by atoms with Crippen LogP contribution < -0.4 is 20.5 Å². The molecule has 21 heavy (non-hydrogen) atoms. The molecule has 0 aromatic heterocycles. The van der Waals surface area contributed by atoms with Gasteiger partial charge in [0.15, 0.2) is 11.5 Å². The summed E-state index contributed by atoms with van der Waals surface area (Å²) >= 11 is 6.19. The number of fused-ring (bicyclic) bond motifs is 1. The molecule has 116 valence electrons. The third-order valence-corrected chi connectivity index (χ3v) is 4.37. The van der Waals surface area contributed by atoms with Crippen molar-refractivity contribution in [1.82, 2.24) is 0 Å². The van der Waals surface area contributed by atoms with E-state index in [1.54, 1.807) is 26.0 Å². The Labute approximate surface area is 129 Å². The van der Waals surface area contributed by atoms with E-state index in [0.29, 0.717) is 35.4 Å². The molecule has 0 radical (unpaired) electrons. The number of carbonyl (C=O) groups is 1. The summed E-state index contributed by atoms with van der Waals surface area (Å²) in [6.07, 6.45) is 0. The van der Waals surface area contributed by atoms with E-state index in [-0.39, 0.29) is 5.91 Å². The first-order valence-electron chi connectivity index (χ1n) is 6.82. The van der Waals surface area contributed by atoms with E-state index >= 15 is 0 Å². The van der Waals surface area contributed by atoms with Crippen LogP contribution in [-0.4, -0.2) is 24.7 Å². The molecule has 0 fully saturated rings. The summed E-state index contributed by atoms with van der Waals surface area (Å²) in [5.74, 6) is 0.960. The fraction of sp³-hybridized carbons (Fsp3) is 0.533. The molecule has 5 nitrogen and oxygen atoms in total. The van der Waals surface area contributed by atoms with E-state index in [9.17, 15) is 4.79 Å². The van der Waals surface area contributed by atoms with Gasteiger partial charge in [-0.05, 0) is 27.7 Å². The number of carbonyl (C=O) groups excluding carboxylic acids is 1. The predicted molar refractivity (Wildman–Crippen MR) is 83.1 cm³/mol. The van der Waals surface area contributed by atoms with Gasteiger partial charge in [0.05, 0.1) is 16.1 Å². The van der Waals surface area contributed by atoms with Crippen LogP contribution in [-0.2, 0) is 4.79 Å². The van der Waals surface area contributed by atoms with Crippen LogP contribution in [0.2, 0.25) is 5.02 Å². The minimum atomic E-state index is -0.760. The Bertz CT molecular complexity index is 565. The molecule has 0 saturated heterocycles. The monoisotopic (exact) mass is 312 g/mol. The predicted octanol–water partition coefficient (Wildman–Crippen LogP) is 2.81. The van der Waals surface area contributed by atoms with Gasteiger partial charge in [-0.3, -0.25) is 4.79 Å². The van der Waals surface area contributed by atoms with E-state index in [1.807, 2.05) is 13.8 Å². The van der Waals surface area contributed by atoms with Gasteiger partial charge in [0, 0.05) is 17.7 Å². The molecular formula is C15H21ClN2O3. The Kier molecular flexibility index (Phi) is 4.08. The molecule has 1 aromatic rings. The highest BCUT2D eigenvalue weighted by Crippen LogP contribution is 2.39. The number of anilines is 1. The normalized spacial score (nSPS) is 14.8. The lowest BCUT2D eigenvalue weighted by atomic mass is 9.74. The topological polar surface area (TPSA) is 73.6 Å². The number of hydrogen-bond acceptors (Lipinski definition) is 4. The van der Waals surface area contributed by atoms with Gasteiger partial charge in [-0.15, -0.1) is 0 Å². The van der Waals surface area contributed by atoms with Crippen molar-refractivity contribution in [1.29, 1.82) is 0 Å². The van der Waals surface area contributed by atoms with E-state index < -0.39 is 11.0 Å². The molecule has 1 aromatic carbocycles. The number of nitrogens with one attached hydrogen (secondary N) is 1. The van der Waals surface area contributed by atoms with Crippen LogP contribution in [0.4, 0.5) is 5.69 Å². The second-order valence-electron chi connectivity index (χ2n) is 6.28. The van der Waals surface area contributed by atoms with Crippen molar-refractivity contribution in [2.45, 2.75) is 33.2 Å². The van der Waals surface area contributed by atoms with Crippen molar-refractivity contribution < 1.29 is 14.3 Å². The number of benzene rings is 1. The molecule has 3 N–H and O–H groups in total. The van der Waals surface area contributed by atoms with Crippen LogP contribution in [0.1, 0.15) is 27.7 Å². The number of nitrogens with two attached hydrogens (primary N) is 1. The van der Waals surface area contributed by atoms with Crippen LogP contribution in [0.25, 0.3) is 0 Å². The highest BCUT2D eigenvalue weighted by atomic mass is 35.5. The summed E-state index contributed by atoms with van der Waals surface area (Å²) in [4.78, 5) is 12.5. The molecular weight excluding hydrogens is 292 g/mol. The van der Waals surface area contributed by atoms with Gasteiger partial charge in [0.1, 0.15) is 13.2 Å². The quantitative estimate of drug-likeness (QED) is 0.900. The van der Waals surface area contributed by atoms with Crippen LogP contribution >= 0.6 is 11.6 Å². The Hall–Kier alpha value is -1.46. The third-order valence-electron chi connectivity index (χ3n) is 4.06. The fourth-order valence-electron chi connectivity index (χ4n) is 1.73. The zero-order valence-corrected chi connectivity index (χ0v) is 13.5. The van der Waals surface area contributed by atoms with Gasteiger partial charge in [-0.1, -0.05) is 11.6 Å². The third kappa shape index (κ3) is 3.09. The minimum Gasteiger partial charge on any atom is -0.486 e. The van der Waals surface area contributed by atoms with Gasteiger partial charge in [0.2, 0.25) is 5.91 Å². The summed E-state index contributed by atoms with van der Waals surface area (Å²) in [5, 5.41) is 3.22. The number of rotatable bonds is 3. The summed E-state index contributed by atoms with van der Waals surface area (Å²) in [6.45, 7) is 8.20. The van der Waals surface area contributed by atoms with Crippen molar-refractivity contribution >= 4 is 23.2 Å². The summed E-state index contributed by atoms with van der Waals surface area (Å²) < 4.78 is 10.9. The zero-order valence-electron chi connectivity index (χ0n) is 12.7. The van der Waals surface area contributed by atoms with Gasteiger partial charge >= 0.3 is 0 Å². The molecule has 0 atom stereocenters. The number of hydrogen-bond donors (Lipinski definition) is 2. The molecule has 0 spiro atoms.